The number of carboxylic acid groups (broad SMARTS) is 1. The number of nitrogens with one attached hydrogen (secondary N) is 1. The van der Waals surface area contributed by atoms with Crippen LogP contribution in [0.1, 0.15) is 10.4 Å². The number of aliphatic hydroxyl groups excluding tert-OH is 1. The van der Waals surface area contributed by atoms with Gasteiger partial charge in [-0.25, -0.2) is 13.2 Å². The number of rotatable bonds is 5. The molecule has 1 rings (SSSR count). The fourth-order valence-electron chi connectivity index (χ4n) is 1.28. The SMILES string of the molecule is CS(=O)(=O)c1ccc(C(=O)N[C@H](CO)C(=O)O)cc1. The van der Waals surface area contributed by atoms with Gasteiger partial charge in [-0.05, 0) is 24.3 Å². The van der Waals surface area contributed by atoms with Crippen molar-refractivity contribution < 1.29 is 28.2 Å². The molecule has 8 heteroatoms. The van der Waals surface area contributed by atoms with Crippen molar-refractivity contribution >= 4 is 21.7 Å². The van der Waals surface area contributed by atoms with Crippen molar-refractivity contribution in [1.29, 1.82) is 0 Å². The minimum Gasteiger partial charge on any atom is -0.480 e. The zero-order chi connectivity index (χ0) is 14.6. The number of benzene rings is 1. The van der Waals surface area contributed by atoms with Gasteiger partial charge in [0.05, 0.1) is 11.5 Å². The molecule has 0 heterocycles. The number of hydrogen-bond donors (Lipinski definition) is 3. The average molecular weight is 287 g/mol. The van der Waals surface area contributed by atoms with E-state index in [1.54, 1.807) is 0 Å². The molecule has 0 fully saturated rings. The van der Waals surface area contributed by atoms with Crippen LogP contribution in [-0.2, 0) is 14.6 Å². The summed E-state index contributed by atoms with van der Waals surface area (Å²) in [7, 11) is -3.35. The van der Waals surface area contributed by atoms with Crippen LogP contribution in [0, 0.1) is 0 Å². The Labute approximate surface area is 109 Å². The molecule has 0 aromatic heterocycles. The fourth-order valence-corrected chi connectivity index (χ4v) is 1.91. The average Bonchev–Trinajstić information content (AvgIpc) is 2.34. The molecule has 0 saturated heterocycles. The van der Waals surface area contributed by atoms with Gasteiger partial charge in [0.25, 0.3) is 5.91 Å². The third-order valence-corrected chi connectivity index (χ3v) is 3.46. The number of carboxylic acids is 1. The summed E-state index contributed by atoms with van der Waals surface area (Å²) in [6.45, 7) is -0.734. The molecule has 0 aliphatic heterocycles. The summed E-state index contributed by atoms with van der Waals surface area (Å²) in [5.74, 6) is -2.06. The molecule has 0 spiro atoms. The highest BCUT2D eigenvalue weighted by molar-refractivity contribution is 7.90. The quantitative estimate of drug-likeness (QED) is 0.656. The van der Waals surface area contributed by atoms with Crippen molar-refractivity contribution in [3.8, 4) is 0 Å². The first-order valence-electron chi connectivity index (χ1n) is 5.20. The number of amides is 1. The lowest BCUT2D eigenvalue weighted by Gasteiger charge is -2.11. The topological polar surface area (TPSA) is 121 Å². The van der Waals surface area contributed by atoms with Gasteiger partial charge < -0.3 is 15.5 Å². The molecule has 3 N–H and O–H groups in total. The Balaban J connectivity index is 2.87. The van der Waals surface area contributed by atoms with Crippen LogP contribution in [0.15, 0.2) is 29.2 Å². The molecule has 1 atom stereocenters. The van der Waals surface area contributed by atoms with Gasteiger partial charge in [0.1, 0.15) is 0 Å². The van der Waals surface area contributed by atoms with Gasteiger partial charge in [-0.1, -0.05) is 0 Å². The Hall–Kier alpha value is -1.93. The van der Waals surface area contributed by atoms with Crippen molar-refractivity contribution in [3.05, 3.63) is 29.8 Å². The molecule has 0 bridgehead atoms. The van der Waals surface area contributed by atoms with E-state index in [-0.39, 0.29) is 10.5 Å². The molecule has 0 aliphatic carbocycles. The number of aliphatic hydroxyl groups is 1. The molecule has 7 nitrogen and oxygen atoms in total. The van der Waals surface area contributed by atoms with E-state index in [4.69, 9.17) is 10.2 Å². The van der Waals surface area contributed by atoms with E-state index in [9.17, 15) is 18.0 Å². The predicted molar refractivity (Wildman–Crippen MR) is 65.5 cm³/mol. The summed E-state index contributed by atoms with van der Waals surface area (Å²) < 4.78 is 22.4. The Morgan fingerprint density at radius 2 is 1.79 bits per heavy atom. The molecular weight excluding hydrogens is 274 g/mol. The summed E-state index contributed by atoms with van der Waals surface area (Å²) in [5, 5.41) is 19.5. The maximum atomic E-state index is 11.6. The molecule has 1 aromatic carbocycles. The highest BCUT2D eigenvalue weighted by atomic mass is 32.2. The van der Waals surface area contributed by atoms with E-state index in [0.29, 0.717) is 0 Å². The standard InChI is InChI=1S/C11H13NO6S/c1-19(17,18)8-4-2-7(3-5-8)10(14)12-9(6-13)11(15)16/h2-5,9,13H,6H2,1H3,(H,12,14)(H,15,16)/t9-/m1/s1. The largest absolute Gasteiger partial charge is 0.480 e. The molecule has 19 heavy (non-hydrogen) atoms. The van der Waals surface area contributed by atoms with Crippen molar-refractivity contribution in [3.63, 3.8) is 0 Å². The molecule has 0 aliphatic rings. The van der Waals surface area contributed by atoms with Gasteiger partial charge in [-0.15, -0.1) is 0 Å². The molecule has 1 amide bonds. The first kappa shape index (κ1) is 15.1. The van der Waals surface area contributed by atoms with Gasteiger partial charge in [0.15, 0.2) is 15.9 Å². The van der Waals surface area contributed by atoms with Crippen molar-refractivity contribution in [2.45, 2.75) is 10.9 Å². The highest BCUT2D eigenvalue weighted by Gasteiger charge is 2.19. The lowest BCUT2D eigenvalue weighted by atomic mass is 10.2. The maximum Gasteiger partial charge on any atom is 0.328 e. The van der Waals surface area contributed by atoms with Crippen molar-refractivity contribution in [2.24, 2.45) is 0 Å². The Kier molecular flexibility index (Phi) is 4.62. The monoisotopic (exact) mass is 287 g/mol. The fraction of sp³-hybridized carbons (Fsp3) is 0.273. The number of aliphatic carboxylic acids is 1. The van der Waals surface area contributed by atoms with Crippen LogP contribution in [0.5, 0.6) is 0 Å². The van der Waals surface area contributed by atoms with Crippen LogP contribution < -0.4 is 5.32 Å². The summed E-state index contributed by atoms with van der Waals surface area (Å²) >= 11 is 0. The third-order valence-electron chi connectivity index (χ3n) is 2.33. The second-order valence-corrected chi connectivity index (χ2v) is 5.86. The van der Waals surface area contributed by atoms with E-state index >= 15 is 0 Å². The van der Waals surface area contributed by atoms with Crippen LogP contribution in [0.3, 0.4) is 0 Å². The first-order chi connectivity index (χ1) is 8.75. The number of carbonyl (C=O) groups is 2. The summed E-state index contributed by atoms with van der Waals surface area (Å²) in [6.07, 6.45) is 1.04. The van der Waals surface area contributed by atoms with Gasteiger partial charge in [-0.3, -0.25) is 4.79 Å². The molecule has 0 saturated carbocycles. The predicted octanol–water partition coefficient (Wildman–Crippen LogP) is -0.735. The van der Waals surface area contributed by atoms with Crippen LogP contribution in [0.25, 0.3) is 0 Å². The maximum absolute atomic E-state index is 11.6. The molecule has 104 valence electrons. The van der Waals surface area contributed by atoms with E-state index in [1.807, 2.05) is 0 Å². The Morgan fingerprint density at radius 1 is 1.26 bits per heavy atom. The number of carbonyl (C=O) groups excluding carboxylic acids is 1. The van der Waals surface area contributed by atoms with Crippen LogP contribution in [0.4, 0.5) is 0 Å². The third kappa shape index (κ3) is 4.04. The molecule has 0 unspecified atom stereocenters. The second kappa shape index (κ2) is 5.81. The van der Waals surface area contributed by atoms with Crippen LogP contribution in [-0.4, -0.2) is 49.4 Å². The smallest absolute Gasteiger partial charge is 0.328 e. The van der Waals surface area contributed by atoms with E-state index in [1.165, 1.54) is 24.3 Å². The highest BCUT2D eigenvalue weighted by Crippen LogP contribution is 2.10. The summed E-state index contributed by atoms with van der Waals surface area (Å²) in [5.41, 5.74) is 0.104. The number of hydrogen-bond acceptors (Lipinski definition) is 5. The van der Waals surface area contributed by atoms with E-state index in [2.05, 4.69) is 5.32 Å². The Bertz CT molecular complexity index is 578. The van der Waals surface area contributed by atoms with Crippen molar-refractivity contribution in [1.82, 2.24) is 5.32 Å². The van der Waals surface area contributed by atoms with E-state index < -0.39 is 34.4 Å². The first-order valence-corrected chi connectivity index (χ1v) is 7.09. The summed E-state index contributed by atoms with van der Waals surface area (Å²) in [6, 6.07) is 3.63. The van der Waals surface area contributed by atoms with Gasteiger partial charge >= 0.3 is 5.97 Å². The Morgan fingerprint density at radius 3 is 2.16 bits per heavy atom. The van der Waals surface area contributed by atoms with E-state index in [0.717, 1.165) is 6.26 Å². The van der Waals surface area contributed by atoms with Gasteiger partial charge in [0.2, 0.25) is 0 Å². The lowest BCUT2D eigenvalue weighted by molar-refractivity contribution is -0.140. The minimum absolute atomic E-state index is 0.0565. The minimum atomic E-state index is -3.35. The normalized spacial score (nSPS) is 12.7. The van der Waals surface area contributed by atoms with Crippen molar-refractivity contribution in [2.75, 3.05) is 12.9 Å². The van der Waals surface area contributed by atoms with Gasteiger partial charge in [-0.2, -0.15) is 0 Å². The molecule has 0 radical (unpaired) electrons. The van der Waals surface area contributed by atoms with Gasteiger partial charge in [0, 0.05) is 11.8 Å². The second-order valence-electron chi connectivity index (χ2n) is 3.84. The lowest BCUT2D eigenvalue weighted by Crippen LogP contribution is -2.43. The number of sulfone groups is 1. The van der Waals surface area contributed by atoms with Crippen LogP contribution in [0.2, 0.25) is 0 Å². The molecule has 1 aromatic rings. The van der Waals surface area contributed by atoms with Crippen LogP contribution >= 0.6 is 0 Å². The zero-order valence-electron chi connectivity index (χ0n) is 10.0. The zero-order valence-corrected chi connectivity index (χ0v) is 10.8. The molecular formula is C11H13NO6S. The summed E-state index contributed by atoms with van der Waals surface area (Å²) in [4.78, 5) is 22.3.